The highest BCUT2D eigenvalue weighted by atomic mass is 16.7. The summed E-state index contributed by atoms with van der Waals surface area (Å²) in [6, 6.07) is 53.3. The fourth-order valence-corrected chi connectivity index (χ4v) is 7.97. The molecule has 7 aromatic rings. The first kappa shape index (κ1) is 28.3. The molecular formula is C43H36BNO2. The van der Waals surface area contributed by atoms with E-state index in [0.29, 0.717) is 0 Å². The molecule has 1 saturated heterocycles. The molecule has 3 nitrogen and oxygen atoms in total. The van der Waals surface area contributed by atoms with Gasteiger partial charge in [-0.05, 0) is 90.8 Å². The van der Waals surface area contributed by atoms with Crippen molar-refractivity contribution in [1.82, 2.24) is 4.57 Å². The van der Waals surface area contributed by atoms with E-state index in [2.05, 4.69) is 178 Å². The van der Waals surface area contributed by atoms with E-state index in [1.54, 1.807) is 0 Å². The molecule has 0 amide bonds. The number of fused-ring (bicyclic) bond motifs is 6. The van der Waals surface area contributed by atoms with Gasteiger partial charge in [0.05, 0.1) is 27.7 Å². The first-order valence-electron chi connectivity index (χ1n) is 16.5. The molecule has 1 aromatic heterocycles. The number of para-hydroxylation sites is 1. The molecule has 1 aliphatic carbocycles. The van der Waals surface area contributed by atoms with E-state index >= 15 is 0 Å². The topological polar surface area (TPSA) is 23.4 Å². The van der Waals surface area contributed by atoms with E-state index in [0.717, 1.165) is 16.7 Å². The third-order valence-electron chi connectivity index (χ3n) is 10.9. The summed E-state index contributed by atoms with van der Waals surface area (Å²) >= 11 is 0. The molecule has 0 N–H and O–H groups in total. The van der Waals surface area contributed by atoms with E-state index in [1.165, 1.54) is 49.7 Å². The zero-order valence-electron chi connectivity index (χ0n) is 27.2. The molecule has 2 aliphatic rings. The van der Waals surface area contributed by atoms with Gasteiger partial charge in [0.2, 0.25) is 0 Å². The van der Waals surface area contributed by atoms with Crippen LogP contribution >= 0.6 is 0 Å². The quantitative estimate of drug-likeness (QED) is 0.186. The molecule has 0 spiro atoms. The van der Waals surface area contributed by atoms with Crippen LogP contribution in [0, 0.1) is 0 Å². The molecular weight excluding hydrogens is 573 g/mol. The van der Waals surface area contributed by atoms with Crippen molar-refractivity contribution in [3.63, 3.8) is 0 Å². The van der Waals surface area contributed by atoms with Gasteiger partial charge in [0.15, 0.2) is 0 Å². The summed E-state index contributed by atoms with van der Waals surface area (Å²) in [5.41, 5.74) is 11.0. The fraction of sp³-hybridized carbons (Fsp3) is 0.163. The second-order valence-corrected chi connectivity index (χ2v) is 14.0. The lowest BCUT2D eigenvalue weighted by Gasteiger charge is -2.34. The standard InChI is InChI=1S/C43H36BNO2/c1-41(2)42(3,4)47-44(46-41)31-23-26-40-36(27-31)35-20-12-14-22-39(35)45(40)32-24-25-34-33-19-11-13-21-37(33)43(38(34)28-32,29-15-7-5-8-16-29)30-17-9-6-10-18-30/h5-28H,1-4H3. The van der Waals surface area contributed by atoms with Gasteiger partial charge in [-0.2, -0.15) is 0 Å². The molecule has 1 aliphatic heterocycles. The molecule has 4 heteroatoms. The Morgan fingerprint density at radius 1 is 0.489 bits per heavy atom. The Labute approximate surface area is 276 Å². The number of hydrogen-bond acceptors (Lipinski definition) is 2. The number of nitrogens with zero attached hydrogens (tertiary/aromatic N) is 1. The van der Waals surface area contributed by atoms with Gasteiger partial charge >= 0.3 is 7.12 Å². The van der Waals surface area contributed by atoms with Crippen LogP contribution in [0.4, 0.5) is 0 Å². The molecule has 0 atom stereocenters. The average Bonchev–Trinajstić information content (AvgIpc) is 3.67. The Hall–Kier alpha value is -4.90. The third-order valence-corrected chi connectivity index (χ3v) is 10.9. The minimum atomic E-state index is -0.451. The molecule has 0 radical (unpaired) electrons. The van der Waals surface area contributed by atoms with Gasteiger partial charge in [0.25, 0.3) is 0 Å². The van der Waals surface area contributed by atoms with Crippen molar-refractivity contribution in [2.75, 3.05) is 0 Å². The lowest BCUT2D eigenvalue weighted by Crippen LogP contribution is -2.41. The molecule has 0 unspecified atom stereocenters. The molecule has 0 bridgehead atoms. The second-order valence-electron chi connectivity index (χ2n) is 14.0. The van der Waals surface area contributed by atoms with Crippen LogP contribution in [-0.4, -0.2) is 22.9 Å². The molecule has 1 fully saturated rings. The summed E-state index contributed by atoms with van der Waals surface area (Å²) in [5, 5.41) is 2.40. The van der Waals surface area contributed by atoms with Gasteiger partial charge in [0.1, 0.15) is 0 Å². The maximum absolute atomic E-state index is 6.46. The van der Waals surface area contributed by atoms with E-state index in [4.69, 9.17) is 9.31 Å². The Balaban J connectivity index is 1.29. The molecule has 0 saturated carbocycles. The number of aromatic nitrogens is 1. The van der Waals surface area contributed by atoms with Crippen LogP contribution in [0.25, 0.3) is 38.6 Å². The normalized spacial score (nSPS) is 17.2. The second kappa shape index (κ2) is 10.1. The van der Waals surface area contributed by atoms with Crippen molar-refractivity contribution in [3.05, 3.63) is 168 Å². The molecule has 2 heterocycles. The monoisotopic (exact) mass is 609 g/mol. The Bertz CT molecular complexity index is 2260. The summed E-state index contributed by atoms with van der Waals surface area (Å²) in [4.78, 5) is 0. The highest BCUT2D eigenvalue weighted by Crippen LogP contribution is 2.56. The lowest BCUT2D eigenvalue weighted by atomic mass is 9.67. The predicted molar refractivity (Wildman–Crippen MR) is 194 cm³/mol. The highest BCUT2D eigenvalue weighted by Gasteiger charge is 2.52. The predicted octanol–water partition coefficient (Wildman–Crippen LogP) is 9.45. The summed E-state index contributed by atoms with van der Waals surface area (Å²) in [6.07, 6.45) is 0. The summed E-state index contributed by atoms with van der Waals surface area (Å²) in [7, 11) is -0.414. The van der Waals surface area contributed by atoms with Crippen LogP contribution in [0.3, 0.4) is 0 Å². The van der Waals surface area contributed by atoms with Gasteiger partial charge in [-0.3, -0.25) is 0 Å². The summed E-state index contributed by atoms with van der Waals surface area (Å²) < 4.78 is 15.3. The minimum Gasteiger partial charge on any atom is -0.399 e. The maximum Gasteiger partial charge on any atom is 0.494 e. The van der Waals surface area contributed by atoms with Gasteiger partial charge in [-0.25, -0.2) is 0 Å². The van der Waals surface area contributed by atoms with Crippen molar-refractivity contribution < 1.29 is 9.31 Å². The third kappa shape index (κ3) is 3.95. The van der Waals surface area contributed by atoms with Crippen LogP contribution in [0.15, 0.2) is 146 Å². The van der Waals surface area contributed by atoms with Crippen molar-refractivity contribution in [2.45, 2.75) is 44.3 Å². The number of benzene rings is 6. The van der Waals surface area contributed by atoms with Crippen molar-refractivity contribution in [1.29, 1.82) is 0 Å². The van der Waals surface area contributed by atoms with Crippen LogP contribution in [-0.2, 0) is 14.7 Å². The van der Waals surface area contributed by atoms with Gasteiger partial charge < -0.3 is 13.9 Å². The van der Waals surface area contributed by atoms with Gasteiger partial charge in [-0.15, -0.1) is 0 Å². The zero-order chi connectivity index (χ0) is 32.0. The summed E-state index contributed by atoms with van der Waals surface area (Å²) in [6.45, 7) is 8.42. The number of rotatable bonds is 4. The average molecular weight is 610 g/mol. The Morgan fingerprint density at radius 3 is 1.77 bits per heavy atom. The molecule has 9 rings (SSSR count). The number of hydrogen-bond donors (Lipinski definition) is 0. The molecule has 47 heavy (non-hydrogen) atoms. The van der Waals surface area contributed by atoms with Crippen LogP contribution < -0.4 is 5.46 Å². The maximum atomic E-state index is 6.46. The van der Waals surface area contributed by atoms with Crippen molar-refractivity contribution >= 4 is 34.4 Å². The van der Waals surface area contributed by atoms with E-state index in [1.807, 2.05) is 0 Å². The SMILES string of the molecule is CC1(C)OB(c2ccc3c(c2)c2ccccc2n3-c2ccc3c(c2)C(c2ccccc2)(c2ccccc2)c2ccccc2-3)OC1(C)C. The fourth-order valence-electron chi connectivity index (χ4n) is 7.97. The molecule has 6 aromatic carbocycles. The zero-order valence-corrected chi connectivity index (χ0v) is 27.2. The van der Waals surface area contributed by atoms with Crippen LogP contribution in [0.1, 0.15) is 49.9 Å². The van der Waals surface area contributed by atoms with E-state index in [9.17, 15) is 0 Å². The summed E-state index contributed by atoms with van der Waals surface area (Å²) in [5.74, 6) is 0. The first-order valence-corrected chi connectivity index (χ1v) is 16.5. The van der Waals surface area contributed by atoms with Crippen LogP contribution in [0.2, 0.25) is 0 Å². The van der Waals surface area contributed by atoms with Crippen LogP contribution in [0.5, 0.6) is 0 Å². The van der Waals surface area contributed by atoms with Crippen molar-refractivity contribution in [3.8, 4) is 16.8 Å². The van der Waals surface area contributed by atoms with Gasteiger partial charge in [0, 0.05) is 16.5 Å². The first-order chi connectivity index (χ1) is 22.8. The lowest BCUT2D eigenvalue weighted by molar-refractivity contribution is 0.00578. The highest BCUT2D eigenvalue weighted by molar-refractivity contribution is 6.62. The van der Waals surface area contributed by atoms with Gasteiger partial charge in [-0.1, -0.05) is 121 Å². The van der Waals surface area contributed by atoms with E-state index < -0.39 is 23.7 Å². The Kier molecular flexibility index (Phi) is 6.06. The molecule has 228 valence electrons. The van der Waals surface area contributed by atoms with Crippen molar-refractivity contribution in [2.24, 2.45) is 0 Å². The largest absolute Gasteiger partial charge is 0.494 e. The van der Waals surface area contributed by atoms with E-state index in [-0.39, 0.29) is 0 Å². The minimum absolute atomic E-state index is 0.396. The smallest absolute Gasteiger partial charge is 0.399 e. The Morgan fingerprint density at radius 2 is 1.06 bits per heavy atom.